The summed E-state index contributed by atoms with van der Waals surface area (Å²) in [6, 6.07) is 3.88. The number of carbonyl (C=O) groups is 1. The van der Waals surface area contributed by atoms with Crippen LogP contribution in [0.4, 0.5) is 0 Å². The summed E-state index contributed by atoms with van der Waals surface area (Å²) in [5, 5.41) is 4.22. The van der Waals surface area contributed by atoms with Gasteiger partial charge in [-0.25, -0.2) is 0 Å². The average Bonchev–Trinajstić information content (AvgIpc) is 2.92. The molecule has 1 fully saturated rings. The maximum Gasteiger partial charge on any atom is 0.223 e. The standard InChI is InChI=1S/C17H22N4O2/c1-13-15(11-19-20(13)2)3-4-17(22)21-9-10-23-16(12-21)14-5-7-18-8-6-14/h5-8,11,16H,3-4,9-10,12H2,1-2H3. The summed E-state index contributed by atoms with van der Waals surface area (Å²) in [6.07, 6.45) is 6.54. The molecule has 1 aliphatic rings. The van der Waals surface area contributed by atoms with Gasteiger partial charge in [-0.2, -0.15) is 5.10 Å². The highest BCUT2D eigenvalue weighted by atomic mass is 16.5. The van der Waals surface area contributed by atoms with Crippen molar-refractivity contribution in [2.45, 2.75) is 25.9 Å². The molecule has 0 bridgehead atoms. The molecule has 122 valence electrons. The Hall–Kier alpha value is -2.21. The maximum atomic E-state index is 12.5. The molecule has 6 heteroatoms. The monoisotopic (exact) mass is 314 g/mol. The van der Waals surface area contributed by atoms with Crippen LogP contribution < -0.4 is 0 Å². The predicted octanol–water partition coefficient (Wildman–Crippen LogP) is 1.66. The van der Waals surface area contributed by atoms with Crippen molar-refractivity contribution in [2.24, 2.45) is 7.05 Å². The number of ether oxygens (including phenoxy) is 1. The van der Waals surface area contributed by atoms with E-state index in [-0.39, 0.29) is 12.0 Å². The number of carbonyl (C=O) groups excluding carboxylic acids is 1. The Morgan fingerprint density at radius 3 is 2.87 bits per heavy atom. The van der Waals surface area contributed by atoms with E-state index in [9.17, 15) is 4.79 Å². The first kappa shape index (κ1) is 15.7. The van der Waals surface area contributed by atoms with Crippen molar-refractivity contribution in [1.82, 2.24) is 19.7 Å². The third kappa shape index (κ3) is 3.59. The molecule has 3 heterocycles. The molecule has 0 radical (unpaired) electrons. The molecular weight excluding hydrogens is 292 g/mol. The van der Waals surface area contributed by atoms with Gasteiger partial charge in [0, 0.05) is 38.1 Å². The van der Waals surface area contributed by atoms with Gasteiger partial charge in [-0.05, 0) is 36.6 Å². The zero-order valence-corrected chi connectivity index (χ0v) is 13.6. The number of aryl methyl sites for hydroxylation is 2. The second-order valence-electron chi connectivity index (χ2n) is 5.86. The number of morpholine rings is 1. The molecule has 3 rings (SSSR count). The van der Waals surface area contributed by atoms with Crippen molar-refractivity contribution in [3.8, 4) is 0 Å². The zero-order chi connectivity index (χ0) is 16.2. The SMILES string of the molecule is Cc1c(CCC(=O)N2CCOC(c3ccncc3)C2)cnn1C. The van der Waals surface area contributed by atoms with Crippen LogP contribution in [0.3, 0.4) is 0 Å². The fourth-order valence-corrected chi connectivity index (χ4v) is 2.84. The molecule has 23 heavy (non-hydrogen) atoms. The Morgan fingerprint density at radius 2 is 2.17 bits per heavy atom. The first-order valence-electron chi connectivity index (χ1n) is 7.92. The third-order valence-electron chi connectivity index (χ3n) is 4.44. The summed E-state index contributed by atoms with van der Waals surface area (Å²) in [7, 11) is 1.92. The predicted molar refractivity (Wildman–Crippen MR) is 85.8 cm³/mol. The van der Waals surface area contributed by atoms with E-state index < -0.39 is 0 Å². The van der Waals surface area contributed by atoms with E-state index in [1.54, 1.807) is 12.4 Å². The molecule has 1 amide bonds. The highest BCUT2D eigenvalue weighted by molar-refractivity contribution is 5.76. The van der Waals surface area contributed by atoms with E-state index in [1.807, 2.05) is 41.9 Å². The topological polar surface area (TPSA) is 60.3 Å². The van der Waals surface area contributed by atoms with Crippen LogP contribution in [0.2, 0.25) is 0 Å². The smallest absolute Gasteiger partial charge is 0.223 e. The Balaban J connectivity index is 1.58. The van der Waals surface area contributed by atoms with Crippen molar-refractivity contribution in [3.63, 3.8) is 0 Å². The number of hydrogen-bond donors (Lipinski definition) is 0. The molecule has 2 aromatic rings. The molecule has 0 saturated carbocycles. The van der Waals surface area contributed by atoms with Gasteiger partial charge in [0.15, 0.2) is 0 Å². The minimum Gasteiger partial charge on any atom is -0.370 e. The van der Waals surface area contributed by atoms with Gasteiger partial charge in [-0.1, -0.05) is 0 Å². The summed E-state index contributed by atoms with van der Waals surface area (Å²) in [5.41, 5.74) is 3.33. The minimum atomic E-state index is -0.0594. The highest BCUT2D eigenvalue weighted by Gasteiger charge is 2.25. The van der Waals surface area contributed by atoms with Gasteiger partial charge in [0.2, 0.25) is 5.91 Å². The van der Waals surface area contributed by atoms with Crippen LogP contribution in [0, 0.1) is 6.92 Å². The largest absolute Gasteiger partial charge is 0.370 e. The lowest BCUT2D eigenvalue weighted by Gasteiger charge is -2.33. The summed E-state index contributed by atoms with van der Waals surface area (Å²) < 4.78 is 7.64. The lowest BCUT2D eigenvalue weighted by atomic mass is 10.1. The van der Waals surface area contributed by atoms with Crippen molar-refractivity contribution in [3.05, 3.63) is 47.5 Å². The molecule has 0 aromatic carbocycles. The van der Waals surface area contributed by atoms with Gasteiger partial charge in [0.25, 0.3) is 0 Å². The number of aromatic nitrogens is 3. The van der Waals surface area contributed by atoms with Crippen molar-refractivity contribution in [1.29, 1.82) is 0 Å². The third-order valence-corrected chi connectivity index (χ3v) is 4.44. The van der Waals surface area contributed by atoms with E-state index in [2.05, 4.69) is 10.1 Å². The van der Waals surface area contributed by atoms with Crippen LogP contribution in [-0.4, -0.2) is 45.3 Å². The fraction of sp³-hybridized carbons (Fsp3) is 0.471. The first-order valence-corrected chi connectivity index (χ1v) is 7.92. The summed E-state index contributed by atoms with van der Waals surface area (Å²) in [5.74, 6) is 0.176. The van der Waals surface area contributed by atoms with Crippen LogP contribution in [0.25, 0.3) is 0 Å². The maximum absolute atomic E-state index is 12.5. The van der Waals surface area contributed by atoms with E-state index >= 15 is 0 Å². The lowest BCUT2D eigenvalue weighted by Crippen LogP contribution is -2.42. The molecule has 1 unspecified atom stereocenters. The fourth-order valence-electron chi connectivity index (χ4n) is 2.84. The average molecular weight is 314 g/mol. The molecule has 0 spiro atoms. The second kappa shape index (κ2) is 6.91. The molecule has 2 aromatic heterocycles. The highest BCUT2D eigenvalue weighted by Crippen LogP contribution is 2.22. The van der Waals surface area contributed by atoms with E-state index in [0.29, 0.717) is 26.1 Å². The lowest BCUT2D eigenvalue weighted by molar-refractivity contribution is -0.139. The van der Waals surface area contributed by atoms with Gasteiger partial charge < -0.3 is 9.64 Å². The zero-order valence-electron chi connectivity index (χ0n) is 13.6. The van der Waals surface area contributed by atoms with E-state index in [0.717, 1.165) is 23.2 Å². The number of rotatable bonds is 4. The second-order valence-corrected chi connectivity index (χ2v) is 5.86. The first-order chi connectivity index (χ1) is 11.1. The van der Waals surface area contributed by atoms with Crippen molar-refractivity contribution >= 4 is 5.91 Å². The number of pyridine rings is 1. The van der Waals surface area contributed by atoms with Crippen LogP contribution >= 0.6 is 0 Å². The molecule has 1 saturated heterocycles. The number of amides is 1. The Bertz CT molecular complexity index is 668. The Labute approximate surface area is 136 Å². The molecule has 6 nitrogen and oxygen atoms in total. The summed E-state index contributed by atoms with van der Waals surface area (Å²) in [6.45, 7) is 3.87. The van der Waals surface area contributed by atoms with Gasteiger partial charge in [-0.3, -0.25) is 14.5 Å². The number of hydrogen-bond acceptors (Lipinski definition) is 4. The van der Waals surface area contributed by atoms with Gasteiger partial charge in [-0.15, -0.1) is 0 Å². The molecule has 1 atom stereocenters. The molecule has 0 N–H and O–H groups in total. The van der Waals surface area contributed by atoms with Crippen molar-refractivity contribution in [2.75, 3.05) is 19.7 Å². The van der Waals surface area contributed by atoms with Crippen LogP contribution in [0.15, 0.2) is 30.7 Å². The Kier molecular flexibility index (Phi) is 4.71. The normalized spacial score (nSPS) is 18.2. The summed E-state index contributed by atoms with van der Waals surface area (Å²) in [4.78, 5) is 18.4. The minimum absolute atomic E-state index is 0.0594. The quantitative estimate of drug-likeness (QED) is 0.861. The summed E-state index contributed by atoms with van der Waals surface area (Å²) >= 11 is 0. The molecule has 1 aliphatic heterocycles. The van der Waals surface area contributed by atoms with Gasteiger partial charge >= 0.3 is 0 Å². The van der Waals surface area contributed by atoms with Crippen LogP contribution in [0.1, 0.15) is 29.3 Å². The van der Waals surface area contributed by atoms with Gasteiger partial charge in [0.1, 0.15) is 6.10 Å². The van der Waals surface area contributed by atoms with Gasteiger partial charge in [0.05, 0.1) is 19.3 Å². The van der Waals surface area contributed by atoms with Crippen molar-refractivity contribution < 1.29 is 9.53 Å². The van der Waals surface area contributed by atoms with E-state index in [4.69, 9.17) is 4.74 Å². The Morgan fingerprint density at radius 1 is 1.39 bits per heavy atom. The number of nitrogens with zero attached hydrogens (tertiary/aromatic N) is 4. The van der Waals surface area contributed by atoms with E-state index in [1.165, 1.54) is 0 Å². The molecule has 0 aliphatic carbocycles. The molecular formula is C17H22N4O2. The van der Waals surface area contributed by atoms with Crippen LogP contribution in [-0.2, 0) is 23.0 Å². The van der Waals surface area contributed by atoms with Crippen LogP contribution in [0.5, 0.6) is 0 Å².